The van der Waals surface area contributed by atoms with Gasteiger partial charge < -0.3 is 14.7 Å². The number of fused-ring (bicyclic) bond motifs is 1. The molecule has 0 aliphatic carbocycles. The third kappa shape index (κ3) is 4.26. The van der Waals surface area contributed by atoms with Gasteiger partial charge in [-0.3, -0.25) is 4.79 Å². The van der Waals surface area contributed by atoms with Crippen molar-refractivity contribution in [2.24, 2.45) is 5.92 Å². The third-order valence-electron chi connectivity index (χ3n) is 6.68. The van der Waals surface area contributed by atoms with Crippen LogP contribution in [-0.2, 0) is 11.2 Å². The molecule has 2 saturated heterocycles. The van der Waals surface area contributed by atoms with Crippen molar-refractivity contribution in [2.45, 2.75) is 26.2 Å². The van der Waals surface area contributed by atoms with Crippen molar-refractivity contribution < 1.29 is 4.79 Å². The molecule has 6 heteroatoms. The van der Waals surface area contributed by atoms with E-state index in [1.54, 1.807) is 11.3 Å². The van der Waals surface area contributed by atoms with Gasteiger partial charge in [0.05, 0.1) is 10.2 Å². The smallest absolute Gasteiger partial charge is 0.225 e. The molecule has 5 rings (SSSR count). The lowest BCUT2D eigenvalue weighted by Gasteiger charge is -2.39. The van der Waals surface area contributed by atoms with Gasteiger partial charge in [0.25, 0.3) is 0 Å². The highest BCUT2D eigenvalue weighted by Crippen LogP contribution is 2.32. The second-order valence-corrected chi connectivity index (χ2v) is 9.57. The molecule has 0 bridgehead atoms. The lowest BCUT2D eigenvalue weighted by Crippen LogP contribution is -2.51. The molecule has 0 atom stereocenters. The monoisotopic (exact) mass is 434 g/mol. The summed E-state index contributed by atoms with van der Waals surface area (Å²) in [7, 11) is 0. The number of para-hydroxylation sites is 1. The molecule has 2 fully saturated rings. The van der Waals surface area contributed by atoms with Gasteiger partial charge in [0.2, 0.25) is 5.91 Å². The van der Waals surface area contributed by atoms with Crippen LogP contribution in [0, 0.1) is 5.92 Å². The molecule has 5 nitrogen and oxygen atoms in total. The van der Waals surface area contributed by atoms with Crippen LogP contribution in [0.4, 0.5) is 10.8 Å². The van der Waals surface area contributed by atoms with Gasteiger partial charge in [0.15, 0.2) is 5.13 Å². The van der Waals surface area contributed by atoms with Crippen molar-refractivity contribution in [1.29, 1.82) is 0 Å². The molecular weight excluding hydrogens is 404 g/mol. The lowest BCUT2D eigenvalue weighted by atomic mass is 9.95. The second-order valence-electron chi connectivity index (χ2n) is 8.56. The molecule has 31 heavy (non-hydrogen) atoms. The van der Waals surface area contributed by atoms with E-state index in [1.807, 2.05) is 6.07 Å². The number of nitrogens with zero attached hydrogens (tertiary/aromatic N) is 4. The van der Waals surface area contributed by atoms with Gasteiger partial charge in [-0.1, -0.05) is 42.5 Å². The highest BCUT2D eigenvalue weighted by molar-refractivity contribution is 7.22. The van der Waals surface area contributed by atoms with Crippen LogP contribution < -0.4 is 9.80 Å². The van der Waals surface area contributed by atoms with Crippen LogP contribution in [0.25, 0.3) is 10.2 Å². The highest BCUT2D eigenvalue weighted by Gasteiger charge is 2.31. The first kappa shape index (κ1) is 20.3. The van der Waals surface area contributed by atoms with E-state index in [4.69, 9.17) is 4.98 Å². The minimum absolute atomic E-state index is 0.153. The van der Waals surface area contributed by atoms with Crippen molar-refractivity contribution in [3.8, 4) is 0 Å². The number of piperidine rings is 1. The number of aryl methyl sites for hydroxylation is 1. The van der Waals surface area contributed by atoms with Gasteiger partial charge in [-0.05, 0) is 49.1 Å². The van der Waals surface area contributed by atoms with E-state index in [0.717, 1.165) is 69.2 Å². The van der Waals surface area contributed by atoms with E-state index in [2.05, 4.69) is 64.1 Å². The summed E-state index contributed by atoms with van der Waals surface area (Å²) < 4.78 is 1.27. The van der Waals surface area contributed by atoms with Gasteiger partial charge >= 0.3 is 0 Å². The standard InChI is InChI=1S/C25H30N4OS/c1-2-19-8-9-22-23(18-19)31-25(26-22)29-12-10-20(11-13-29)24(30)28-16-14-27(15-17-28)21-6-4-3-5-7-21/h3-9,18,20H,2,10-17H2,1H3. The van der Waals surface area contributed by atoms with Gasteiger partial charge in [-0.15, -0.1) is 0 Å². The summed E-state index contributed by atoms with van der Waals surface area (Å²) >= 11 is 1.78. The summed E-state index contributed by atoms with van der Waals surface area (Å²) in [4.78, 5) is 24.8. The minimum atomic E-state index is 0.153. The minimum Gasteiger partial charge on any atom is -0.368 e. The average molecular weight is 435 g/mol. The number of piperazine rings is 1. The number of hydrogen-bond donors (Lipinski definition) is 0. The summed E-state index contributed by atoms with van der Waals surface area (Å²) in [6.45, 7) is 7.51. The van der Waals surface area contributed by atoms with Gasteiger partial charge in [0, 0.05) is 50.9 Å². The number of carbonyl (C=O) groups is 1. The normalized spacial score (nSPS) is 18.0. The van der Waals surface area contributed by atoms with Crippen molar-refractivity contribution in [1.82, 2.24) is 9.88 Å². The fourth-order valence-corrected chi connectivity index (χ4v) is 5.79. The van der Waals surface area contributed by atoms with E-state index in [0.29, 0.717) is 5.91 Å². The molecule has 2 aliphatic heterocycles. The van der Waals surface area contributed by atoms with E-state index >= 15 is 0 Å². The number of carbonyl (C=O) groups excluding carboxylic acids is 1. The Morgan fingerprint density at radius 3 is 2.42 bits per heavy atom. The highest BCUT2D eigenvalue weighted by atomic mass is 32.1. The first-order valence-corrected chi connectivity index (χ1v) is 12.3. The predicted molar refractivity (Wildman–Crippen MR) is 129 cm³/mol. The number of hydrogen-bond acceptors (Lipinski definition) is 5. The van der Waals surface area contributed by atoms with Crippen molar-refractivity contribution in [2.75, 3.05) is 49.1 Å². The van der Waals surface area contributed by atoms with Crippen LogP contribution in [-0.4, -0.2) is 55.1 Å². The van der Waals surface area contributed by atoms with Crippen molar-refractivity contribution in [3.05, 3.63) is 54.1 Å². The van der Waals surface area contributed by atoms with Crippen LogP contribution in [0.5, 0.6) is 0 Å². The number of thiazole rings is 1. The third-order valence-corrected chi connectivity index (χ3v) is 7.76. The molecular formula is C25H30N4OS. The largest absolute Gasteiger partial charge is 0.368 e. The second kappa shape index (κ2) is 8.87. The number of benzene rings is 2. The van der Waals surface area contributed by atoms with E-state index in [1.165, 1.54) is 16.0 Å². The molecule has 162 valence electrons. The number of rotatable bonds is 4. The SMILES string of the molecule is CCc1ccc2nc(N3CCC(C(=O)N4CCN(c5ccccc5)CC4)CC3)sc2c1. The molecule has 3 heterocycles. The maximum atomic E-state index is 13.1. The molecule has 0 radical (unpaired) electrons. The first-order valence-electron chi connectivity index (χ1n) is 11.4. The zero-order valence-electron chi connectivity index (χ0n) is 18.2. The number of anilines is 2. The fourth-order valence-electron chi connectivity index (χ4n) is 4.71. The van der Waals surface area contributed by atoms with Crippen LogP contribution >= 0.6 is 11.3 Å². The van der Waals surface area contributed by atoms with Gasteiger partial charge in [-0.2, -0.15) is 0 Å². The Morgan fingerprint density at radius 2 is 1.71 bits per heavy atom. The molecule has 1 aromatic heterocycles. The van der Waals surface area contributed by atoms with E-state index in [9.17, 15) is 4.79 Å². The Hall–Kier alpha value is -2.60. The van der Waals surface area contributed by atoms with Crippen molar-refractivity contribution >= 4 is 38.3 Å². The average Bonchev–Trinajstić information content (AvgIpc) is 3.28. The maximum Gasteiger partial charge on any atom is 0.225 e. The molecule has 2 aromatic carbocycles. The first-order chi connectivity index (χ1) is 15.2. The Kier molecular flexibility index (Phi) is 5.81. The van der Waals surface area contributed by atoms with Gasteiger partial charge in [0.1, 0.15) is 0 Å². The Morgan fingerprint density at radius 1 is 0.968 bits per heavy atom. The van der Waals surface area contributed by atoms with Crippen molar-refractivity contribution in [3.63, 3.8) is 0 Å². The van der Waals surface area contributed by atoms with Crippen LogP contribution in [0.15, 0.2) is 48.5 Å². The molecule has 0 saturated carbocycles. The molecule has 0 unspecified atom stereocenters. The molecule has 3 aromatic rings. The zero-order chi connectivity index (χ0) is 21.2. The van der Waals surface area contributed by atoms with E-state index in [-0.39, 0.29) is 5.92 Å². The van der Waals surface area contributed by atoms with Crippen LogP contribution in [0.1, 0.15) is 25.3 Å². The summed E-state index contributed by atoms with van der Waals surface area (Å²) in [5, 5.41) is 1.10. The summed E-state index contributed by atoms with van der Waals surface area (Å²) in [5.74, 6) is 0.504. The Labute approximate surface area is 188 Å². The zero-order valence-corrected chi connectivity index (χ0v) is 19.0. The Bertz CT molecular complexity index is 1030. The quantitative estimate of drug-likeness (QED) is 0.609. The molecule has 0 spiro atoms. The summed E-state index contributed by atoms with van der Waals surface area (Å²) in [5.41, 5.74) is 3.70. The summed E-state index contributed by atoms with van der Waals surface area (Å²) in [6, 6.07) is 17.1. The topological polar surface area (TPSA) is 39.7 Å². The predicted octanol–water partition coefficient (Wildman–Crippen LogP) is 4.42. The number of amides is 1. The van der Waals surface area contributed by atoms with E-state index < -0.39 is 0 Å². The lowest BCUT2D eigenvalue weighted by molar-refractivity contribution is -0.136. The Balaban J connectivity index is 1.16. The van der Waals surface area contributed by atoms with Crippen LogP contribution in [0.2, 0.25) is 0 Å². The van der Waals surface area contributed by atoms with Crippen LogP contribution in [0.3, 0.4) is 0 Å². The maximum absolute atomic E-state index is 13.1. The molecule has 1 amide bonds. The number of aromatic nitrogens is 1. The molecule has 2 aliphatic rings. The molecule has 0 N–H and O–H groups in total. The fraction of sp³-hybridized carbons (Fsp3) is 0.440. The van der Waals surface area contributed by atoms with Gasteiger partial charge in [-0.25, -0.2) is 4.98 Å². The summed E-state index contributed by atoms with van der Waals surface area (Å²) in [6.07, 6.45) is 2.90.